The van der Waals surface area contributed by atoms with Crippen molar-refractivity contribution >= 4 is 36.6 Å². The molecule has 6 heterocycles. The first-order valence-electron chi connectivity index (χ1n) is 29.0. The fourth-order valence-corrected chi connectivity index (χ4v) is 7.85. The molecular weight excluding hydrogens is 1060 g/mol. The second kappa shape index (κ2) is 36.1. The second-order valence-electron chi connectivity index (χ2n) is 23.8. The Bertz CT molecular complexity index is 1740. The summed E-state index contributed by atoms with van der Waals surface area (Å²) in [4.78, 5) is 91.7. The molecular formula is C55H106F2N12O12. The number of alkyl halides is 2. The van der Waals surface area contributed by atoms with Gasteiger partial charge in [-0.3, -0.25) is 0 Å². The number of carbonyl (C=O) groups excluding carboxylic acids is 6. The van der Waals surface area contributed by atoms with Crippen LogP contribution in [0.5, 0.6) is 0 Å². The van der Waals surface area contributed by atoms with Gasteiger partial charge in [0.15, 0.2) is 0 Å². The van der Waals surface area contributed by atoms with Gasteiger partial charge in [0.2, 0.25) is 0 Å². The number of hydrogen-bond donors (Lipinski definition) is 0. The normalized spacial score (nSPS) is 20.4. The Morgan fingerprint density at radius 3 is 0.951 bits per heavy atom. The van der Waals surface area contributed by atoms with Crippen LogP contribution in [-0.4, -0.2) is 331 Å². The van der Waals surface area contributed by atoms with Gasteiger partial charge < -0.3 is 87.2 Å². The van der Waals surface area contributed by atoms with Crippen molar-refractivity contribution < 1.29 is 66.0 Å². The molecule has 472 valence electrons. The molecule has 7 aliphatic rings. The summed E-state index contributed by atoms with van der Waals surface area (Å²) in [6, 6.07) is 0. The van der Waals surface area contributed by atoms with Gasteiger partial charge in [0, 0.05) is 164 Å². The minimum absolute atomic E-state index is 0.0212. The second-order valence-corrected chi connectivity index (χ2v) is 23.8. The van der Waals surface area contributed by atoms with Crippen LogP contribution < -0.4 is 0 Å². The van der Waals surface area contributed by atoms with Crippen molar-refractivity contribution in [3.63, 3.8) is 0 Å². The molecule has 24 nitrogen and oxygen atoms in total. The predicted octanol–water partition coefficient (Wildman–Crippen LogP) is 5.27. The van der Waals surface area contributed by atoms with Gasteiger partial charge >= 0.3 is 42.7 Å². The van der Waals surface area contributed by atoms with Crippen molar-refractivity contribution in [1.29, 1.82) is 0 Å². The van der Waals surface area contributed by atoms with Crippen LogP contribution in [0.2, 0.25) is 0 Å². The molecule has 1 aliphatic carbocycles. The molecule has 0 unspecified atom stereocenters. The third kappa shape index (κ3) is 32.6. The molecule has 0 spiro atoms. The zero-order chi connectivity index (χ0) is 61.1. The molecule has 81 heavy (non-hydrogen) atoms. The van der Waals surface area contributed by atoms with E-state index in [9.17, 15) is 37.5 Å². The Morgan fingerprint density at radius 2 is 0.691 bits per heavy atom. The van der Waals surface area contributed by atoms with Crippen LogP contribution in [0.3, 0.4) is 0 Å². The Morgan fingerprint density at radius 1 is 0.420 bits per heavy atom. The maximum atomic E-state index is 12.3. The number of ether oxygens (including phenoxy) is 6. The fourth-order valence-electron chi connectivity index (χ4n) is 7.85. The van der Waals surface area contributed by atoms with Gasteiger partial charge in [-0.25, -0.2) is 28.8 Å². The van der Waals surface area contributed by atoms with Gasteiger partial charge in [0.05, 0.1) is 19.3 Å². The molecule has 0 radical (unpaired) electrons. The molecule has 26 heteroatoms. The molecule has 7 fully saturated rings. The topological polar surface area (TPSA) is 197 Å². The molecule has 1 saturated carbocycles. The van der Waals surface area contributed by atoms with Crippen LogP contribution in [0.4, 0.5) is 37.5 Å². The largest absolute Gasteiger partial charge is 0.450 e. The summed E-state index contributed by atoms with van der Waals surface area (Å²) in [5, 5.41) is 0. The van der Waals surface area contributed by atoms with Gasteiger partial charge in [-0.2, -0.15) is 8.78 Å². The lowest BCUT2D eigenvalue weighted by molar-refractivity contribution is -0.189. The number of carbonyl (C=O) groups is 6. The minimum atomic E-state index is -3.39. The zero-order valence-electron chi connectivity index (χ0n) is 52.5. The van der Waals surface area contributed by atoms with Gasteiger partial charge in [-0.1, -0.05) is 13.8 Å². The highest BCUT2D eigenvalue weighted by molar-refractivity contribution is 5.70. The summed E-state index contributed by atoms with van der Waals surface area (Å²) in [7, 11) is 12.2. The molecule has 0 atom stereocenters. The molecule has 7 rings (SSSR count). The lowest BCUT2D eigenvalue weighted by atomic mass is 10.2. The van der Waals surface area contributed by atoms with E-state index in [2.05, 4.69) is 64.5 Å². The van der Waals surface area contributed by atoms with E-state index in [4.69, 9.17) is 23.7 Å². The summed E-state index contributed by atoms with van der Waals surface area (Å²) < 4.78 is 54.4. The van der Waals surface area contributed by atoms with Crippen LogP contribution in [0.1, 0.15) is 82.1 Å². The van der Waals surface area contributed by atoms with E-state index in [0.717, 1.165) is 144 Å². The summed E-state index contributed by atoms with van der Waals surface area (Å²) in [6.07, 6.45) is -3.14. The van der Waals surface area contributed by atoms with Crippen LogP contribution in [0, 0.1) is 5.92 Å². The monoisotopic (exact) mass is 1160 g/mol. The summed E-state index contributed by atoms with van der Waals surface area (Å²) in [6.45, 7) is 38.3. The number of nitrogens with zero attached hydrogens (tertiary/aromatic N) is 12. The molecule has 6 saturated heterocycles. The first kappa shape index (κ1) is 72.3. The summed E-state index contributed by atoms with van der Waals surface area (Å²) in [5.41, 5.74) is -0.527. The van der Waals surface area contributed by atoms with Gasteiger partial charge in [-0.15, -0.1) is 0 Å². The quantitative estimate of drug-likeness (QED) is 0.312. The van der Waals surface area contributed by atoms with Gasteiger partial charge in [-0.05, 0) is 110 Å². The molecule has 0 bridgehead atoms. The molecule has 0 aromatic heterocycles. The van der Waals surface area contributed by atoms with E-state index in [1.807, 2.05) is 79.2 Å². The first-order chi connectivity index (χ1) is 37.8. The van der Waals surface area contributed by atoms with Crippen LogP contribution in [0.25, 0.3) is 0 Å². The Balaban J connectivity index is 0.000000332. The number of hydrogen-bond acceptors (Lipinski definition) is 18. The standard InChI is InChI=1S/C10H18N2O2.2C10H20N2O2.C9H18N2O2.C8H14F2N2O2.C8H16N2O2/c1-10(3-4-10)14-9(13)12-7-5-11(2)6-8-12;1-10(2,3)14-9(13)12-7-5-11(4)6-8-12;1-9(2)8-14-10(13)12-6-4-11(3)5-7-12;1-8(2)13-9(12)11-6-4-10(3)5-7-11;1-8(9,10)14-7(13)12-5-3-11(2)4-6-12;1-3-12-8(11)10-6-4-9(2)5-7-10/h3-8H2,1-2H3;5-8H2,1-4H3;9H,4-8H2,1-3H3;8H,4-7H2,1-3H3;3-6H2,1-2H3;3-7H2,1-2H3. The lowest BCUT2D eigenvalue weighted by Crippen LogP contribution is -2.48. The van der Waals surface area contributed by atoms with E-state index in [1.165, 1.54) is 4.90 Å². The van der Waals surface area contributed by atoms with E-state index < -0.39 is 12.2 Å². The molecule has 0 aromatic rings. The van der Waals surface area contributed by atoms with E-state index in [0.29, 0.717) is 52.2 Å². The van der Waals surface area contributed by atoms with E-state index >= 15 is 0 Å². The molecule has 6 aliphatic heterocycles. The average molecular weight is 1170 g/mol. The molecule has 6 amide bonds. The number of likely N-dealkylation sites (N-methyl/N-ethyl adjacent to an activating group) is 6. The van der Waals surface area contributed by atoms with E-state index in [-0.39, 0.29) is 47.8 Å². The summed E-state index contributed by atoms with van der Waals surface area (Å²) >= 11 is 0. The Hall–Kier alpha value is -4.76. The van der Waals surface area contributed by atoms with Gasteiger partial charge in [0.25, 0.3) is 0 Å². The Kier molecular flexibility index (Phi) is 32.2. The number of rotatable bonds is 6. The van der Waals surface area contributed by atoms with Crippen molar-refractivity contribution in [2.24, 2.45) is 5.92 Å². The fraction of sp³-hybridized carbons (Fsp3) is 0.891. The van der Waals surface area contributed by atoms with Crippen LogP contribution >= 0.6 is 0 Å². The smallest absolute Gasteiger partial charge is 0.414 e. The number of amides is 6. The van der Waals surface area contributed by atoms with Crippen LogP contribution in [0.15, 0.2) is 0 Å². The van der Waals surface area contributed by atoms with Crippen molar-refractivity contribution in [3.8, 4) is 0 Å². The average Bonchev–Trinajstić information content (AvgIpc) is 4.15. The highest BCUT2D eigenvalue weighted by Crippen LogP contribution is 2.39. The number of halogens is 2. The van der Waals surface area contributed by atoms with Crippen molar-refractivity contribution in [2.75, 3.05) is 213 Å². The maximum Gasteiger partial charge on any atom is 0.414 e. The number of piperazine rings is 6. The third-order valence-electron chi connectivity index (χ3n) is 13.7. The van der Waals surface area contributed by atoms with Crippen molar-refractivity contribution in [1.82, 2.24) is 58.8 Å². The van der Waals surface area contributed by atoms with E-state index in [1.54, 1.807) is 19.6 Å². The highest BCUT2D eigenvalue weighted by Gasteiger charge is 2.43. The summed E-state index contributed by atoms with van der Waals surface area (Å²) in [5.74, 6) is 0.409. The Labute approximate surface area is 484 Å². The van der Waals surface area contributed by atoms with Crippen LogP contribution in [-0.2, 0) is 28.4 Å². The van der Waals surface area contributed by atoms with Gasteiger partial charge in [0.1, 0.15) is 11.2 Å². The van der Waals surface area contributed by atoms with Crippen molar-refractivity contribution in [3.05, 3.63) is 0 Å². The molecule has 0 N–H and O–H groups in total. The minimum Gasteiger partial charge on any atom is -0.450 e. The molecule has 0 aromatic carbocycles. The maximum absolute atomic E-state index is 12.3. The SMILES string of the molecule is CC(C)COC(=O)N1CCN(C)CC1.CC(C)OC(=O)N1CCN(C)CC1.CCOC(=O)N1CCN(C)CC1.CN1CCN(C(=O)OC(C)(C)C)CC1.CN1CCN(C(=O)OC(C)(F)F)CC1.CN1CCN(C(=O)OC2(C)CC2)CC1. The lowest BCUT2D eigenvalue weighted by Gasteiger charge is -2.33. The third-order valence-corrected chi connectivity index (χ3v) is 13.7. The highest BCUT2D eigenvalue weighted by atomic mass is 19.3. The predicted molar refractivity (Wildman–Crippen MR) is 307 cm³/mol. The first-order valence-corrected chi connectivity index (χ1v) is 29.0. The van der Waals surface area contributed by atoms with Crippen molar-refractivity contribution in [2.45, 2.75) is 105 Å². The zero-order valence-corrected chi connectivity index (χ0v) is 52.5.